The Kier molecular flexibility index (Phi) is 6.61. The predicted octanol–water partition coefficient (Wildman–Crippen LogP) is 3.11. The smallest absolute Gasteiger partial charge is 0.240 e. The summed E-state index contributed by atoms with van der Waals surface area (Å²) in [5.41, 5.74) is 1.13. The van der Waals surface area contributed by atoms with Crippen molar-refractivity contribution in [3.8, 4) is 5.75 Å². The number of para-hydroxylation sites is 2. The van der Waals surface area contributed by atoms with Crippen molar-refractivity contribution in [3.63, 3.8) is 0 Å². The fourth-order valence-electron chi connectivity index (χ4n) is 4.74. The van der Waals surface area contributed by atoms with Crippen LogP contribution in [0.15, 0.2) is 59.5 Å². The second-order valence-electron chi connectivity index (χ2n) is 8.09. The van der Waals surface area contributed by atoms with Crippen LogP contribution in [-0.2, 0) is 10.0 Å². The highest BCUT2D eigenvalue weighted by Crippen LogP contribution is 2.30. The van der Waals surface area contributed by atoms with Gasteiger partial charge in [0.25, 0.3) is 0 Å². The van der Waals surface area contributed by atoms with Crippen LogP contribution in [0.25, 0.3) is 0 Å². The van der Waals surface area contributed by atoms with E-state index < -0.39 is 10.0 Å². The highest BCUT2D eigenvalue weighted by molar-refractivity contribution is 7.89. The molecule has 1 saturated heterocycles. The minimum atomic E-state index is -3.50. The van der Waals surface area contributed by atoms with E-state index in [1.54, 1.807) is 31.4 Å². The van der Waals surface area contributed by atoms with E-state index in [2.05, 4.69) is 20.6 Å². The van der Waals surface area contributed by atoms with Crippen molar-refractivity contribution in [2.45, 2.75) is 42.7 Å². The van der Waals surface area contributed by atoms with Crippen LogP contribution < -0.4 is 14.4 Å². The third kappa shape index (κ3) is 4.63. The maximum atomic E-state index is 12.9. The van der Waals surface area contributed by atoms with Crippen molar-refractivity contribution >= 4 is 15.7 Å². The van der Waals surface area contributed by atoms with Gasteiger partial charge in [-0.1, -0.05) is 43.2 Å². The zero-order chi connectivity index (χ0) is 21.0. The maximum absolute atomic E-state index is 12.9. The molecule has 1 saturated carbocycles. The average molecular weight is 430 g/mol. The molecule has 0 bridgehead atoms. The number of hydrogen-bond donors (Lipinski definition) is 1. The second kappa shape index (κ2) is 9.37. The molecule has 0 radical (unpaired) electrons. The second-order valence-corrected chi connectivity index (χ2v) is 9.80. The standard InChI is InChI=1S/C23H31N3O3S/c1-29-23-14-8-7-13-22(23)26-17-15-25(16-18-26)21-12-6-5-11-20(21)24-30(27,28)19-9-3-2-4-10-19/h2-4,7-10,13-14,20-21,24H,5-6,11-12,15-18H2,1H3/t20-,21+/m1/s1. The van der Waals surface area contributed by atoms with Crippen molar-refractivity contribution in [2.75, 3.05) is 38.2 Å². The molecular formula is C23H31N3O3S. The molecule has 2 aliphatic rings. The fourth-order valence-corrected chi connectivity index (χ4v) is 6.06. The first kappa shape index (κ1) is 21.2. The molecule has 0 amide bonds. The Bertz CT molecular complexity index is 928. The van der Waals surface area contributed by atoms with Gasteiger partial charge in [-0.05, 0) is 37.1 Å². The van der Waals surface area contributed by atoms with Gasteiger partial charge in [0.15, 0.2) is 0 Å². The molecule has 1 aliphatic carbocycles. The van der Waals surface area contributed by atoms with E-state index in [0.29, 0.717) is 4.90 Å². The molecule has 6 nitrogen and oxygen atoms in total. The number of nitrogens with zero attached hydrogens (tertiary/aromatic N) is 2. The number of hydrogen-bond acceptors (Lipinski definition) is 5. The van der Waals surface area contributed by atoms with Gasteiger partial charge in [0.05, 0.1) is 17.7 Å². The van der Waals surface area contributed by atoms with Crippen molar-refractivity contribution in [1.82, 2.24) is 9.62 Å². The SMILES string of the molecule is COc1ccccc1N1CCN([C@H]2CCCC[C@H]2NS(=O)(=O)c2ccccc2)CC1. The lowest BCUT2D eigenvalue weighted by Crippen LogP contribution is -2.58. The molecule has 0 unspecified atom stereocenters. The summed E-state index contributed by atoms with van der Waals surface area (Å²) in [4.78, 5) is 5.18. The first-order chi connectivity index (χ1) is 14.6. The van der Waals surface area contributed by atoms with E-state index >= 15 is 0 Å². The Morgan fingerprint density at radius 3 is 2.30 bits per heavy atom. The van der Waals surface area contributed by atoms with Gasteiger partial charge in [0, 0.05) is 38.3 Å². The minimum absolute atomic E-state index is 0.0400. The normalized spacial score (nSPS) is 23.3. The molecule has 1 N–H and O–H groups in total. The molecule has 2 fully saturated rings. The minimum Gasteiger partial charge on any atom is -0.495 e. The zero-order valence-electron chi connectivity index (χ0n) is 17.5. The quantitative estimate of drug-likeness (QED) is 0.765. The molecule has 2 atom stereocenters. The molecule has 1 aliphatic heterocycles. The van der Waals surface area contributed by atoms with E-state index in [-0.39, 0.29) is 12.1 Å². The van der Waals surface area contributed by atoms with Crippen LogP contribution in [0.3, 0.4) is 0 Å². The van der Waals surface area contributed by atoms with Crippen LogP contribution in [0.1, 0.15) is 25.7 Å². The van der Waals surface area contributed by atoms with E-state index in [1.165, 1.54) is 0 Å². The summed E-state index contributed by atoms with van der Waals surface area (Å²) in [5, 5.41) is 0. The predicted molar refractivity (Wildman–Crippen MR) is 120 cm³/mol. The van der Waals surface area contributed by atoms with Crippen molar-refractivity contribution in [2.24, 2.45) is 0 Å². The number of piperazine rings is 1. The van der Waals surface area contributed by atoms with E-state index in [1.807, 2.05) is 24.3 Å². The van der Waals surface area contributed by atoms with E-state index in [9.17, 15) is 8.42 Å². The highest BCUT2D eigenvalue weighted by Gasteiger charge is 2.35. The van der Waals surface area contributed by atoms with Gasteiger partial charge >= 0.3 is 0 Å². The number of nitrogens with one attached hydrogen (secondary N) is 1. The molecule has 4 rings (SSSR count). The van der Waals surface area contributed by atoms with Gasteiger partial charge in [-0.3, -0.25) is 4.90 Å². The Morgan fingerprint density at radius 1 is 0.900 bits per heavy atom. The number of methoxy groups -OCH3 is 1. The van der Waals surface area contributed by atoms with Crippen LogP contribution in [-0.4, -0.2) is 58.7 Å². The first-order valence-electron chi connectivity index (χ1n) is 10.8. The van der Waals surface area contributed by atoms with Crippen molar-refractivity contribution in [1.29, 1.82) is 0 Å². The van der Waals surface area contributed by atoms with Gasteiger partial charge in [0.1, 0.15) is 5.75 Å². The monoisotopic (exact) mass is 429 g/mol. The molecule has 2 aromatic carbocycles. The molecule has 2 aromatic rings. The average Bonchev–Trinajstić information content (AvgIpc) is 2.80. The fraction of sp³-hybridized carbons (Fsp3) is 0.478. The number of rotatable bonds is 6. The van der Waals surface area contributed by atoms with Gasteiger partial charge in [-0.25, -0.2) is 13.1 Å². The summed E-state index contributed by atoms with van der Waals surface area (Å²) >= 11 is 0. The van der Waals surface area contributed by atoms with Gasteiger partial charge in [-0.2, -0.15) is 0 Å². The van der Waals surface area contributed by atoms with Crippen LogP contribution in [0.4, 0.5) is 5.69 Å². The Balaban J connectivity index is 1.43. The number of sulfonamides is 1. The van der Waals surface area contributed by atoms with Crippen LogP contribution in [0, 0.1) is 0 Å². The third-order valence-corrected chi connectivity index (χ3v) is 7.80. The van der Waals surface area contributed by atoms with Crippen LogP contribution >= 0.6 is 0 Å². The van der Waals surface area contributed by atoms with Gasteiger partial charge < -0.3 is 9.64 Å². The molecule has 7 heteroatoms. The Hall–Kier alpha value is -2.09. The van der Waals surface area contributed by atoms with Crippen molar-refractivity contribution in [3.05, 3.63) is 54.6 Å². The molecular weight excluding hydrogens is 398 g/mol. The lowest BCUT2D eigenvalue weighted by atomic mass is 9.89. The van der Waals surface area contributed by atoms with Gasteiger partial charge in [0.2, 0.25) is 10.0 Å². The summed E-state index contributed by atoms with van der Waals surface area (Å²) in [6.07, 6.45) is 4.15. The summed E-state index contributed by atoms with van der Waals surface area (Å²) < 4.78 is 34.3. The molecule has 30 heavy (non-hydrogen) atoms. The van der Waals surface area contributed by atoms with Crippen molar-refractivity contribution < 1.29 is 13.2 Å². The zero-order valence-corrected chi connectivity index (χ0v) is 18.4. The lowest BCUT2D eigenvalue weighted by Gasteiger charge is -2.44. The topological polar surface area (TPSA) is 61.9 Å². The van der Waals surface area contributed by atoms with Crippen LogP contribution in [0.2, 0.25) is 0 Å². The highest BCUT2D eigenvalue weighted by atomic mass is 32.2. The Morgan fingerprint density at radius 2 is 1.57 bits per heavy atom. The molecule has 0 spiro atoms. The lowest BCUT2D eigenvalue weighted by molar-refractivity contribution is 0.124. The third-order valence-electron chi connectivity index (χ3n) is 6.30. The summed E-state index contributed by atoms with van der Waals surface area (Å²) in [7, 11) is -1.79. The first-order valence-corrected chi connectivity index (χ1v) is 12.3. The van der Waals surface area contributed by atoms with Gasteiger partial charge in [-0.15, -0.1) is 0 Å². The maximum Gasteiger partial charge on any atom is 0.240 e. The van der Waals surface area contributed by atoms with E-state index in [4.69, 9.17) is 4.74 Å². The molecule has 1 heterocycles. The summed E-state index contributed by atoms with van der Waals surface area (Å²) in [6, 6.07) is 17.0. The molecule has 162 valence electrons. The van der Waals surface area contributed by atoms with Crippen LogP contribution in [0.5, 0.6) is 5.75 Å². The summed E-state index contributed by atoms with van der Waals surface area (Å²) in [6.45, 7) is 3.67. The number of benzene rings is 2. The van der Waals surface area contributed by atoms with E-state index in [0.717, 1.165) is 63.3 Å². The molecule has 0 aromatic heterocycles. The summed E-state index contributed by atoms with van der Waals surface area (Å²) in [5.74, 6) is 0.900. The Labute approximate surface area is 179 Å². The largest absolute Gasteiger partial charge is 0.495 e. The number of ether oxygens (including phenoxy) is 1. The number of anilines is 1.